The van der Waals surface area contributed by atoms with Crippen molar-refractivity contribution in [2.75, 3.05) is 11.5 Å². The second-order valence-electron chi connectivity index (χ2n) is 4.22. The first kappa shape index (κ1) is 10.6. The molecule has 4 N–H and O–H groups in total. The van der Waals surface area contributed by atoms with E-state index in [0.29, 0.717) is 11.5 Å². The zero-order valence-corrected chi connectivity index (χ0v) is 9.96. The number of hydrogen-bond acceptors (Lipinski definition) is 4. The fourth-order valence-corrected chi connectivity index (χ4v) is 1.96. The fraction of sp³-hybridized carbons (Fsp3) is 0. The lowest BCUT2D eigenvalue weighted by Crippen LogP contribution is -2.07. The van der Waals surface area contributed by atoms with E-state index in [9.17, 15) is 0 Å². The zero-order valence-electron chi connectivity index (χ0n) is 9.96. The average molecular weight is 237 g/mol. The molecule has 0 saturated heterocycles. The molecule has 6 heteroatoms. The van der Waals surface area contributed by atoms with Crippen LogP contribution < -0.4 is 16.9 Å². The third kappa shape index (κ3) is 1.50. The Morgan fingerprint density at radius 2 is 1.94 bits per heavy atom. The number of nitrogen functional groups attached to an aromatic ring is 2. The smallest absolute Gasteiger partial charge is 0.151 e. The molecule has 0 aliphatic heterocycles. The lowest BCUT2D eigenvalue weighted by atomic mass is 10.0. The van der Waals surface area contributed by atoms with E-state index in [2.05, 4.69) is 10.1 Å². The molecule has 0 atom stereocenters. The minimum atomic E-state index is 0.548. The summed E-state index contributed by atoms with van der Waals surface area (Å²) in [6.45, 7) is 0. The van der Waals surface area contributed by atoms with Crippen molar-refractivity contribution in [3.63, 3.8) is 0 Å². The molecule has 0 fully saturated rings. The van der Waals surface area contributed by atoms with Crippen LogP contribution >= 0.6 is 0 Å². The second kappa shape index (κ2) is 3.77. The number of benzene rings is 1. The van der Waals surface area contributed by atoms with Crippen LogP contribution in [0.4, 0.5) is 11.5 Å². The number of anilines is 2. The number of nitrogens with two attached hydrogens (primary N) is 2. The molecule has 0 spiro atoms. The summed E-state index contributed by atoms with van der Waals surface area (Å²) in [6.07, 6.45) is 1.75. The maximum absolute atomic E-state index is 5.98. The molecule has 5 nitrogen and oxygen atoms in total. The van der Waals surface area contributed by atoms with Crippen LogP contribution in [0.3, 0.4) is 0 Å². The molecule has 0 aliphatic rings. The third-order valence-electron chi connectivity index (χ3n) is 2.91. The highest BCUT2D eigenvalue weighted by atomic mass is 15.3. The Morgan fingerprint density at radius 3 is 2.72 bits per heavy atom. The summed E-state index contributed by atoms with van der Waals surface area (Å²) < 4.78 is 1.62. The summed E-state index contributed by atoms with van der Waals surface area (Å²) in [4.78, 5) is 4.57. The maximum Gasteiger partial charge on any atom is 0.151 e. The van der Waals surface area contributed by atoms with Crippen molar-refractivity contribution in [2.24, 2.45) is 0 Å². The minimum Gasteiger partial charge on any atom is -0.398 e. The van der Waals surface area contributed by atoms with Crippen molar-refractivity contribution in [2.45, 2.75) is 0 Å². The monoisotopic (exact) mass is 237 g/mol. The Labute approximate surface area is 105 Å². The van der Waals surface area contributed by atoms with Crippen LogP contribution in [-0.2, 0) is 0 Å². The number of rotatable bonds is 1. The molecular formula is C12H12BN5. The van der Waals surface area contributed by atoms with Crippen LogP contribution in [0.2, 0.25) is 0 Å². The third-order valence-corrected chi connectivity index (χ3v) is 2.91. The normalized spacial score (nSPS) is 10.9. The van der Waals surface area contributed by atoms with Gasteiger partial charge in [-0.15, -0.1) is 0 Å². The molecule has 0 saturated carbocycles. The topological polar surface area (TPSA) is 82.2 Å². The van der Waals surface area contributed by atoms with Gasteiger partial charge in [0.25, 0.3) is 0 Å². The maximum atomic E-state index is 5.98. The fourth-order valence-electron chi connectivity index (χ4n) is 1.96. The number of para-hydroxylation sites is 1. The Balaban J connectivity index is 2.31. The Bertz CT molecular complexity index is 734. The summed E-state index contributed by atoms with van der Waals surface area (Å²) >= 11 is 0. The predicted molar refractivity (Wildman–Crippen MR) is 75.4 cm³/mol. The van der Waals surface area contributed by atoms with Gasteiger partial charge in [-0.2, -0.15) is 5.10 Å². The standard InChI is InChI=1S/C12H12BN5/c13-8-6-16-18-11(15)5-10(17-12(8)18)7-3-1-2-4-9(7)14/h1-6H,13-15H2. The van der Waals surface area contributed by atoms with Gasteiger partial charge in [0.2, 0.25) is 0 Å². The van der Waals surface area contributed by atoms with Crippen LogP contribution in [0.5, 0.6) is 0 Å². The Morgan fingerprint density at radius 1 is 1.17 bits per heavy atom. The summed E-state index contributed by atoms with van der Waals surface area (Å²) in [5, 5.41) is 4.17. The van der Waals surface area contributed by atoms with E-state index in [4.69, 9.17) is 11.5 Å². The Kier molecular flexibility index (Phi) is 2.23. The van der Waals surface area contributed by atoms with Crippen molar-refractivity contribution in [3.8, 4) is 11.3 Å². The van der Waals surface area contributed by atoms with E-state index in [0.717, 1.165) is 22.4 Å². The van der Waals surface area contributed by atoms with E-state index in [1.807, 2.05) is 32.1 Å². The van der Waals surface area contributed by atoms with E-state index in [-0.39, 0.29) is 0 Å². The molecular weight excluding hydrogens is 225 g/mol. The van der Waals surface area contributed by atoms with Crippen LogP contribution in [0.25, 0.3) is 16.9 Å². The summed E-state index contributed by atoms with van der Waals surface area (Å²) in [5.74, 6) is 0.548. The first-order chi connectivity index (χ1) is 8.66. The summed E-state index contributed by atoms with van der Waals surface area (Å²) in [5.41, 5.74) is 16.0. The van der Waals surface area contributed by atoms with Gasteiger partial charge in [-0.3, -0.25) is 0 Å². The van der Waals surface area contributed by atoms with Gasteiger partial charge in [0.1, 0.15) is 13.7 Å². The van der Waals surface area contributed by atoms with Gasteiger partial charge in [0, 0.05) is 23.5 Å². The predicted octanol–water partition coefficient (Wildman–Crippen LogP) is -0.181. The SMILES string of the molecule is Bc1cnn2c(N)cc(-c3ccccc3N)nc12. The molecule has 0 bridgehead atoms. The Hall–Kier alpha value is -2.50. The number of fused-ring (bicyclic) bond motifs is 1. The van der Waals surface area contributed by atoms with E-state index >= 15 is 0 Å². The quantitative estimate of drug-likeness (QED) is 0.454. The number of aromatic nitrogens is 3. The van der Waals surface area contributed by atoms with Crippen molar-refractivity contribution in [3.05, 3.63) is 36.5 Å². The molecule has 0 radical (unpaired) electrons. The highest BCUT2D eigenvalue weighted by molar-refractivity contribution is 6.36. The molecule has 0 amide bonds. The van der Waals surface area contributed by atoms with Gasteiger partial charge in [0.05, 0.1) is 5.69 Å². The molecule has 2 aromatic heterocycles. The molecule has 1 aromatic carbocycles. The number of nitrogens with zero attached hydrogens (tertiary/aromatic N) is 3. The van der Waals surface area contributed by atoms with Crippen molar-refractivity contribution in [1.29, 1.82) is 0 Å². The highest BCUT2D eigenvalue weighted by Gasteiger charge is 2.09. The second-order valence-corrected chi connectivity index (χ2v) is 4.22. The zero-order chi connectivity index (χ0) is 12.7. The largest absolute Gasteiger partial charge is 0.398 e. The number of hydrogen-bond donors (Lipinski definition) is 2. The molecule has 3 rings (SSSR count). The first-order valence-electron chi connectivity index (χ1n) is 5.62. The van der Waals surface area contributed by atoms with Gasteiger partial charge in [0.15, 0.2) is 5.65 Å². The van der Waals surface area contributed by atoms with Crippen LogP contribution in [0.15, 0.2) is 36.5 Å². The van der Waals surface area contributed by atoms with Gasteiger partial charge < -0.3 is 11.5 Å². The molecule has 3 aromatic rings. The van der Waals surface area contributed by atoms with E-state index in [1.54, 1.807) is 16.8 Å². The molecule has 2 heterocycles. The lowest BCUT2D eigenvalue weighted by molar-refractivity contribution is 0.954. The van der Waals surface area contributed by atoms with Crippen LogP contribution in [-0.4, -0.2) is 22.4 Å². The van der Waals surface area contributed by atoms with Crippen molar-refractivity contribution >= 4 is 30.5 Å². The molecule has 18 heavy (non-hydrogen) atoms. The van der Waals surface area contributed by atoms with Gasteiger partial charge in [-0.1, -0.05) is 18.2 Å². The molecule has 88 valence electrons. The molecule has 0 unspecified atom stereocenters. The lowest BCUT2D eigenvalue weighted by Gasteiger charge is -2.07. The average Bonchev–Trinajstić information content (AvgIpc) is 2.72. The van der Waals surface area contributed by atoms with E-state index < -0.39 is 0 Å². The summed E-state index contributed by atoms with van der Waals surface area (Å²) in [7, 11) is 1.95. The first-order valence-corrected chi connectivity index (χ1v) is 5.62. The van der Waals surface area contributed by atoms with E-state index in [1.165, 1.54) is 0 Å². The summed E-state index contributed by atoms with van der Waals surface area (Å²) in [6, 6.07) is 9.38. The van der Waals surface area contributed by atoms with Gasteiger partial charge >= 0.3 is 0 Å². The molecule has 0 aliphatic carbocycles. The van der Waals surface area contributed by atoms with Crippen molar-refractivity contribution in [1.82, 2.24) is 14.6 Å². The highest BCUT2D eigenvalue weighted by Crippen LogP contribution is 2.25. The van der Waals surface area contributed by atoms with Gasteiger partial charge in [-0.05, 0) is 11.5 Å². The minimum absolute atomic E-state index is 0.548. The van der Waals surface area contributed by atoms with Gasteiger partial charge in [-0.25, -0.2) is 9.50 Å². The van der Waals surface area contributed by atoms with Crippen molar-refractivity contribution < 1.29 is 0 Å². The van der Waals surface area contributed by atoms with Crippen LogP contribution in [0.1, 0.15) is 0 Å². The van der Waals surface area contributed by atoms with Crippen LogP contribution in [0, 0.1) is 0 Å².